The number of rotatable bonds is 2. The molecular formula is C17H24ClNO2. The van der Waals surface area contributed by atoms with Crippen LogP contribution in [-0.2, 0) is 0 Å². The topological polar surface area (TPSA) is 43.7 Å². The molecule has 0 radical (unpaired) electrons. The summed E-state index contributed by atoms with van der Waals surface area (Å²) in [5.41, 5.74) is 1.42. The van der Waals surface area contributed by atoms with Crippen LogP contribution in [0.4, 0.5) is 5.69 Å². The van der Waals surface area contributed by atoms with Crippen LogP contribution in [0, 0.1) is 5.92 Å². The maximum Gasteiger partial charge on any atom is 0.0776 e. The van der Waals surface area contributed by atoms with Crippen LogP contribution in [0.1, 0.15) is 50.7 Å². The summed E-state index contributed by atoms with van der Waals surface area (Å²) in [6.07, 6.45) is 4.74. The first-order chi connectivity index (χ1) is 9.99. The molecule has 4 heteroatoms. The number of piperidine rings is 1. The fourth-order valence-corrected chi connectivity index (χ4v) is 4.19. The van der Waals surface area contributed by atoms with Gasteiger partial charge in [0.25, 0.3) is 0 Å². The molecule has 2 fully saturated rings. The standard InChI is InChI=1S/C17H24ClNO2/c1-12(20)15-6-5-14(10-16(15)18)19-9-8-17(21)7-3-2-4-13(17)11-19/h5-6,10,12-13,20-21H,2-4,7-9,11H2,1H3. The van der Waals surface area contributed by atoms with Gasteiger partial charge in [-0.1, -0.05) is 30.5 Å². The number of aliphatic hydroxyl groups excluding tert-OH is 1. The fraction of sp³-hybridized carbons (Fsp3) is 0.647. The van der Waals surface area contributed by atoms with Crippen LogP contribution in [0.15, 0.2) is 18.2 Å². The lowest BCUT2D eigenvalue weighted by Gasteiger charge is -2.48. The number of halogens is 1. The highest BCUT2D eigenvalue weighted by Gasteiger charge is 2.42. The second-order valence-electron chi connectivity index (χ2n) is 6.62. The van der Waals surface area contributed by atoms with Crippen LogP contribution in [0.3, 0.4) is 0 Å². The van der Waals surface area contributed by atoms with Crippen LogP contribution in [0.2, 0.25) is 5.02 Å². The molecule has 3 atom stereocenters. The van der Waals surface area contributed by atoms with Gasteiger partial charge in [0.05, 0.1) is 11.7 Å². The molecule has 1 aromatic rings. The number of hydrogen-bond acceptors (Lipinski definition) is 3. The first-order valence-corrected chi connectivity index (χ1v) is 8.32. The van der Waals surface area contributed by atoms with E-state index in [1.54, 1.807) is 6.92 Å². The lowest BCUT2D eigenvalue weighted by atomic mass is 9.71. The first kappa shape index (κ1) is 15.1. The van der Waals surface area contributed by atoms with Crippen molar-refractivity contribution in [3.8, 4) is 0 Å². The normalized spacial score (nSPS) is 30.9. The number of aliphatic hydroxyl groups is 2. The Morgan fingerprint density at radius 2 is 2.14 bits per heavy atom. The van der Waals surface area contributed by atoms with Crippen molar-refractivity contribution in [3.05, 3.63) is 28.8 Å². The number of anilines is 1. The number of hydrogen-bond donors (Lipinski definition) is 2. The largest absolute Gasteiger partial charge is 0.389 e. The van der Waals surface area contributed by atoms with E-state index in [0.717, 1.165) is 50.0 Å². The van der Waals surface area contributed by atoms with Crippen LogP contribution < -0.4 is 4.90 Å². The minimum atomic E-state index is -0.545. The average Bonchev–Trinajstić information content (AvgIpc) is 2.45. The van der Waals surface area contributed by atoms with Gasteiger partial charge in [-0.3, -0.25) is 0 Å². The van der Waals surface area contributed by atoms with Gasteiger partial charge in [0.2, 0.25) is 0 Å². The molecule has 1 heterocycles. The molecule has 1 aliphatic heterocycles. The van der Waals surface area contributed by atoms with Crippen molar-refractivity contribution in [2.24, 2.45) is 5.92 Å². The van der Waals surface area contributed by atoms with E-state index in [2.05, 4.69) is 4.90 Å². The Morgan fingerprint density at radius 3 is 2.86 bits per heavy atom. The zero-order valence-corrected chi connectivity index (χ0v) is 13.3. The number of nitrogens with zero attached hydrogens (tertiary/aromatic N) is 1. The van der Waals surface area contributed by atoms with Crippen LogP contribution in [0.25, 0.3) is 0 Å². The van der Waals surface area contributed by atoms with Gasteiger partial charge in [0.1, 0.15) is 0 Å². The molecule has 116 valence electrons. The Bertz CT molecular complexity index is 520. The summed E-state index contributed by atoms with van der Waals surface area (Å²) >= 11 is 6.27. The van der Waals surface area contributed by atoms with Crippen LogP contribution in [-0.4, -0.2) is 28.9 Å². The van der Waals surface area contributed by atoms with Crippen molar-refractivity contribution in [2.75, 3.05) is 18.0 Å². The highest BCUT2D eigenvalue weighted by atomic mass is 35.5. The van der Waals surface area contributed by atoms with E-state index in [9.17, 15) is 10.2 Å². The zero-order chi connectivity index (χ0) is 15.0. The lowest BCUT2D eigenvalue weighted by molar-refractivity contribution is -0.0612. The molecule has 3 nitrogen and oxygen atoms in total. The van der Waals surface area contributed by atoms with Gasteiger partial charge in [-0.05, 0) is 43.9 Å². The molecular weight excluding hydrogens is 286 g/mol. The lowest BCUT2D eigenvalue weighted by Crippen LogP contribution is -2.53. The molecule has 0 bridgehead atoms. The molecule has 21 heavy (non-hydrogen) atoms. The smallest absolute Gasteiger partial charge is 0.0776 e. The molecule has 0 aromatic heterocycles. The van der Waals surface area contributed by atoms with Crippen molar-refractivity contribution in [3.63, 3.8) is 0 Å². The summed E-state index contributed by atoms with van der Waals surface area (Å²) < 4.78 is 0. The SMILES string of the molecule is CC(O)c1ccc(N2CCC3(O)CCCCC3C2)cc1Cl. The zero-order valence-electron chi connectivity index (χ0n) is 12.6. The van der Waals surface area contributed by atoms with Crippen LogP contribution in [0.5, 0.6) is 0 Å². The van der Waals surface area contributed by atoms with Gasteiger partial charge in [-0.25, -0.2) is 0 Å². The molecule has 0 amide bonds. The highest BCUT2D eigenvalue weighted by molar-refractivity contribution is 6.31. The molecule has 2 N–H and O–H groups in total. The fourth-order valence-electron chi connectivity index (χ4n) is 3.86. The summed E-state index contributed by atoms with van der Waals surface area (Å²) in [5.74, 6) is 0.371. The Hall–Kier alpha value is -0.770. The maximum absolute atomic E-state index is 10.7. The Morgan fingerprint density at radius 1 is 1.33 bits per heavy atom. The monoisotopic (exact) mass is 309 g/mol. The number of benzene rings is 1. The molecule has 1 aromatic carbocycles. The maximum atomic E-state index is 10.7. The average molecular weight is 310 g/mol. The molecule has 3 unspecified atom stereocenters. The van der Waals surface area contributed by atoms with Gasteiger partial charge in [0.15, 0.2) is 0 Å². The summed E-state index contributed by atoms with van der Waals surface area (Å²) in [7, 11) is 0. The van der Waals surface area contributed by atoms with Gasteiger partial charge >= 0.3 is 0 Å². The number of fused-ring (bicyclic) bond motifs is 1. The van der Waals surface area contributed by atoms with E-state index >= 15 is 0 Å². The predicted molar refractivity (Wildman–Crippen MR) is 85.8 cm³/mol. The third kappa shape index (κ3) is 2.92. The summed E-state index contributed by atoms with van der Waals surface area (Å²) in [6, 6.07) is 5.88. The molecule has 3 rings (SSSR count). The van der Waals surface area contributed by atoms with Crippen molar-refractivity contribution in [2.45, 2.75) is 50.7 Å². The highest BCUT2D eigenvalue weighted by Crippen LogP contribution is 2.41. The van der Waals surface area contributed by atoms with E-state index in [4.69, 9.17) is 11.6 Å². The van der Waals surface area contributed by atoms with Crippen molar-refractivity contribution in [1.82, 2.24) is 0 Å². The van der Waals surface area contributed by atoms with E-state index in [-0.39, 0.29) is 0 Å². The van der Waals surface area contributed by atoms with Gasteiger partial charge in [-0.15, -0.1) is 0 Å². The Balaban J connectivity index is 1.78. The first-order valence-electron chi connectivity index (χ1n) is 7.94. The van der Waals surface area contributed by atoms with E-state index in [0.29, 0.717) is 10.9 Å². The van der Waals surface area contributed by atoms with Gasteiger partial charge in [0, 0.05) is 29.7 Å². The van der Waals surface area contributed by atoms with E-state index < -0.39 is 11.7 Å². The van der Waals surface area contributed by atoms with Gasteiger partial charge < -0.3 is 15.1 Å². The summed E-state index contributed by atoms with van der Waals surface area (Å²) in [4.78, 5) is 2.32. The Labute approximate surface area is 131 Å². The molecule has 1 saturated heterocycles. The van der Waals surface area contributed by atoms with E-state index in [1.165, 1.54) is 6.42 Å². The van der Waals surface area contributed by atoms with Crippen LogP contribution >= 0.6 is 11.6 Å². The molecule has 1 saturated carbocycles. The third-order valence-electron chi connectivity index (χ3n) is 5.23. The minimum Gasteiger partial charge on any atom is -0.389 e. The van der Waals surface area contributed by atoms with Crippen molar-refractivity contribution < 1.29 is 10.2 Å². The molecule has 1 aliphatic carbocycles. The molecule has 2 aliphatic rings. The minimum absolute atomic E-state index is 0.371. The quantitative estimate of drug-likeness (QED) is 0.878. The summed E-state index contributed by atoms with van der Waals surface area (Å²) in [5, 5.41) is 21.0. The molecule has 0 spiro atoms. The second kappa shape index (κ2) is 5.79. The van der Waals surface area contributed by atoms with Crippen molar-refractivity contribution in [1.29, 1.82) is 0 Å². The second-order valence-corrected chi connectivity index (χ2v) is 7.03. The Kier molecular flexibility index (Phi) is 4.17. The van der Waals surface area contributed by atoms with Gasteiger partial charge in [-0.2, -0.15) is 0 Å². The summed E-state index contributed by atoms with van der Waals surface area (Å²) in [6.45, 7) is 3.50. The van der Waals surface area contributed by atoms with E-state index in [1.807, 2.05) is 18.2 Å². The third-order valence-corrected chi connectivity index (χ3v) is 5.55. The predicted octanol–water partition coefficient (Wildman–Crippen LogP) is 3.52. The van der Waals surface area contributed by atoms with Crippen molar-refractivity contribution >= 4 is 17.3 Å².